The molecule has 3 aromatic rings. The predicted molar refractivity (Wildman–Crippen MR) is 92.8 cm³/mol. The largest absolute Gasteiger partial charge is 0.389 e. The average molecular weight is 347 g/mol. The molecule has 0 saturated heterocycles. The molecule has 0 saturated carbocycles. The van der Waals surface area contributed by atoms with Gasteiger partial charge < -0.3 is 19.5 Å². The lowest BCUT2D eigenvalue weighted by molar-refractivity contribution is 0.0201. The molecule has 0 amide bonds. The minimum atomic E-state index is -0.694. The normalized spacial score (nSPS) is 12.6. The molecular formula is C18H19ClN2O3. The quantitative estimate of drug-likeness (QED) is 0.690. The van der Waals surface area contributed by atoms with E-state index in [1.807, 2.05) is 53.1 Å². The number of halogens is 1. The summed E-state index contributed by atoms with van der Waals surface area (Å²) >= 11 is 5.84. The second-order valence-corrected chi connectivity index (χ2v) is 6.02. The molecule has 0 fully saturated rings. The standard InChI is InChI=1S/C18H19ClN2O3/c19-14-7-5-13(6-8-14)11-24-12-15(23)9-21-17-4-2-1-3-16(17)20-18(21)10-22/h1-8,15,22-23H,9-12H2/t15-/m0/s1. The zero-order valence-electron chi connectivity index (χ0n) is 13.1. The van der Waals surface area contributed by atoms with E-state index in [9.17, 15) is 10.2 Å². The molecule has 126 valence electrons. The van der Waals surface area contributed by atoms with Crippen molar-refractivity contribution in [2.75, 3.05) is 6.61 Å². The second-order valence-electron chi connectivity index (χ2n) is 5.58. The number of aliphatic hydroxyl groups excluding tert-OH is 2. The van der Waals surface area contributed by atoms with Gasteiger partial charge in [-0.3, -0.25) is 0 Å². The SMILES string of the molecule is OCc1nc2ccccc2n1C[C@H](O)COCc1ccc(Cl)cc1. The lowest BCUT2D eigenvalue weighted by Crippen LogP contribution is -2.23. The Bertz CT molecular complexity index is 802. The lowest BCUT2D eigenvalue weighted by Gasteiger charge is -2.14. The Labute approximate surface area is 145 Å². The van der Waals surface area contributed by atoms with Crippen molar-refractivity contribution in [1.82, 2.24) is 9.55 Å². The summed E-state index contributed by atoms with van der Waals surface area (Å²) in [6.07, 6.45) is -0.694. The van der Waals surface area contributed by atoms with Gasteiger partial charge in [0, 0.05) is 5.02 Å². The van der Waals surface area contributed by atoms with Crippen LogP contribution < -0.4 is 0 Å². The van der Waals surface area contributed by atoms with Crippen LogP contribution >= 0.6 is 11.6 Å². The molecule has 0 aliphatic heterocycles. The van der Waals surface area contributed by atoms with Crippen LogP contribution in [0.5, 0.6) is 0 Å². The summed E-state index contributed by atoms with van der Waals surface area (Å²) in [7, 11) is 0. The van der Waals surface area contributed by atoms with Crippen LogP contribution in [0.15, 0.2) is 48.5 Å². The van der Waals surface area contributed by atoms with Gasteiger partial charge in [0.1, 0.15) is 12.4 Å². The van der Waals surface area contributed by atoms with Crippen molar-refractivity contribution < 1.29 is 14.9 Å². The second kappa shape index (κ2) is 7.77. The number of aliphatic hydroxyl groups is 2. The maximum absolute atomic E-state index is 10.2. The first-order valence-electron chi connectivity index (χ1n) is 7.72. The molecule has 0 unspecified atom stereocenters. The summed E-state index contributed by atoms with van der Waals surface area (Å²) in [6, 6.07) is 15.0. The molecule has 24 heavy (non-hydrogen) atoms. The van der Waals surface area contributed by atoms with Gasteiger partial charge in [-0.2, -0.15) is 0 Å². The highest BCUT2D eigenvalue weighted by molar-refractivity contribution is 6.30. The molecule has 0 aliphatic rings. The van der Waals surface area contributed by atoms with Crippen molar-refractivity contribution in [1.29, 1.82) is 0 Å². The number of ether oxygens (including phenoxy) is 1. The van der Waals surface area contributed by atoms with Gasteiger partial charge in [-0.25, -0.2) is 4.98 Å². The Kier molecular flexibility index (Phi) is 5.48. The molecule has 1 heterocycles. The van der Waals surface area contributed by atoms with E-state index in [-0.39, 0.29) is 13.2 Å². The third-order valence-electron chi connectivity index (χ3n) is 3.76. The van der Waals surface area contributed by atoms with E-state index in [1.165, 1.54) is 0 Å². The van der Waals surface area contributed by atoms with Crippen molar-refractivity contribution in [3.05, 3.63) is 64.9 Å². The van der Waals surface area contributed by atoms with Crippen LogP contribution in [0, 0.1) is 0 Å². The van der Waals surface area contributed by atoms with Crippen molar-refractivity contribution in [2.24, 2.45) is 0 Å². The topological polar surface area (TPSA) is 67.5 Å². The number of para-hydroxylation sites is 2. The highest BCUT2D eigenvalue weighted by Gasteiger charge is 2.13. The molecule has 3 rings (SSSR count). The lowest BCUT2D eigenvalue weighted by atomic mass is 10.2. The van der Waals surface area contributed by atoms with Gasteiger partial charge in [-0.15, -0.1) is 0 Å². The Morgan fingerprint density at radius 3 is 2.62 bits per heavy atom. The number of fused-ring (bicyclic) bond motifs is 1. The molecular weight excluding hydrogens is 328 g/mol. The zero-order chi connectivity index (χ0) is 16.9. The van der Waals surface area contributed by atoms with Crippen LogP contribution in [0.1, 0.15) is 11.4 Å². The molecule has 1 aromatic heterocycles. The molecule has 6 heteroatoms. The Hall–Kier alpha value is -1.92. The van der Waals surface area contributed by atoms with Crippen molar-refractivity contribution >= 4 is 22.6 Å². The number of hydrogen-bond donors (Lipinski definition) is 2. The number of aromatic nitrogens is 2. The third-order valence-corrected chi connectivity index (χ3v) is 4.01. The highest BCUT2D eigenvalue weighted by Crippen LogP contribution is 2.17. The maximum Gasteiger partial charge on any atom is 0.135 e. The Morgan fingerprint density at radius 2 is 1.88 bits per heavy atom. The number of rotatable bonds is 7. The summed E-state index contributed by atoms with van der Waals surface area (Å²) in [5, 5.41) is 20.4. The van der Waals surface area contributed by atoms with E-state index in [0.29, 0.717) is 24.0 Å². The number of hydrogen-bond acceptors (Lipinski definition) is 4. The maximum atomic E-state index is 10.2. The summed E-state index contributed by atoms with van der Waals surface area (Å²) in [6.45, 7) is 0.746. The summed E-state index contributed by atoms with van der Waals surface area (Å²) in [5.41, 5.74) is 2.69. The van der Waals surface area contributed by atoms with E-state index in [1.54, 1.807) is 0 Å². The van der Waals surface area contributed by atoms with Crippen LogP contribution in [0.25, 0.3) is 11.0 Å². The first kappa shape index (κ1) is 16.9. The number of imidazole rings is 1. The molecule has 0 aliphatic carbocycles. The fourth-order valence-corrected chi connectivity index (χ4v) is 2.73. The Morgan fingerprint density at radius 1 is 1.12 bits per heavy atom. The predicted octanol–water partition coefficient (Wildman–Crippen LogP) is 2.76. The third kappa shape index (κ3) is 3.94. The smallest absolute Gasteiger partial charge is 0.135 e. The minimum absolute atomic E-state index is 0.174. The van der Waals surface area contributed by atoms with Crippen molar-refractivity contribution in [3.63, 3.8) is 0 Å². The van der Waals surface area contributed by atoms with Crippen molar-refractivity contribution in [2.45, 2.75) is 25.9 Å². The van der Waals surface area contributed by atoms with Crippen LogP contribution in [0.3, 0.4) is 0 Å². The van der Waals surface area contributed by atoms with Gasteiger partial charge in [-0.05, 0) is 29.8 Å². The first-order valence-corrected chi connectivity index (χ1v) is 8.10. The average Bonchev–Trinajstić information content (AvgIpc) is 2.94. The van der Waals surface area contributed by atoms with E-state index < -0.39 is 6.10 Å². The van der Waals surface area contributed by atoms with E-state index in [0.717, 1.165) is 16.6 Å². The number of nitrogens with zero attached hydrogens (tertiary/aromatic N) is 2. The first-order chi connectivity index (χ1) is 11.7. The number of benzene rings is 2. The van der Waals surface area contributed by atoms with E-state index in [4.69, 9.17) is 16.3 Å². The molecule has 0 spiro atoms. The van der Waals surface area contributed by atoms with Gasteiger partial charge in [0.05, 0.1) is 36.9 Å². The molecule has 1 atom stereocenters. The molecule has 2 aromatic carbocycles. The zero-order valence-corrected chi connectivity index (χ0v) is 13.9. The van der Waals surface area contributed by atoms with Crippen LogP contribution in [0.4, 0.5) is 0 Å². The summed E-state index contributed by atoms with van der Waals surface area (Å²) < 4.78 is 7.39. The summed E-state index contributed by atoms with van der Waals surface area (Å²) in [5.74, 6) is 0.535. The molecule has 5 nitrogen and oxygen atoms in total. The molecule has 0 radical (unpaired) electrons. The Balaban J connectivity index is 1.60. The van der Waals surface area contributed by atoms with Gasteiger partial charge in [-0.1, -0.05) is 35.9 Å². The fraction of sp³-hybridized carbons (Fsp3) is 0.278. The monoisotopic (exact) mass is 346 g/mol. The van der Waals surface area contributed by atoms with Gasteiger partial charge in [0.25, 0.3) is 0 Å². The highest BCUT2D eigenvalue weighted by atomic mass is 35.5. The van der Waals surface area contributed by atoms with Crippen LogP contribution in [-0.2, 0) is 24.5 Å². The van der Waals surface area contributed by atoms with Crippen molar-refractivity contribution in [3.8, 4) is 0 Å². The van der Waals surface area contributed by atoms with E-state index >= 15 is 0 Å². The molecule has 0 bridgehead atoms. The van der Waals surface area contributed by atoms with Gasteiger partial charge in [0.15, 0.2) is 0 Å². The van der Waals surface area contributed by atoms with Gasteiger partial charge in [0.2, 0.25) is 0 Å². The van der Waals surface area contributed by atoms with Crippen LogP contribution in [-0.4, -0.2) is 32.5 Å². The van der Waals surface area contributed by atoms with Gasteiger partial charge >= 0.3 is 0 Å². The fourth-order valence-electron chi connectivity index (χ4n) is 2.61. The molecule has 2 N–H and O–H groups in total. The summed E-state index contributed by atoms with van der Waals surface area (Å²) in [4.78, 5) is 4.37. The van der Waals surface area contributed by atoms with Crippen LogP contribution in [0.2, 0.25) is 5.02 Å². The van der Waals surface area contributed by atoms with E-state index in [2.05, 4.69) is 4.98 Å². The minimum Gasteiger partial charge on any atom is -0.389 e.